The zero-order valence-electron chi connectivity index (χ0n) is 12.1. The van der Waals surface area contributed by atoms with Crippen molar-refractivity contribution in [1.82, 2.24) is 4.90 Å². The molecule has 0 bridgehead atoms. The van der Waals surface area contributed by atoms with Crippen LogP contribution < -0.4 is 4.90 Å². The van der Waals surface area contributed by atoms with Gasteiger partial charge in [-0.05, 0) is 18.4 Å². The Balaban J connectivity index is 1.63. The number of rotatable bonds is 4. The standard InChI is InChI=1S/C15H21N3O3/c19-18(20)15-4-2-1-3-14(15)17-6-5-13(12-17)11-16-7-9-21-10-8-16/h1-4,13H,5-12H2. The second-order valence-electron chi connectivity index (χ2n) is 5.76. The average molecular weight is 291 g/mol. The second-order valence-corrected chi connectivity index (χ2v) is 5.76. The zero-order chi connectivity index (χ0) is 14.7. The third kappa shape index (κ3) is 3.33. The molecule has 1 atom stereocenters. The fraction of sp³-hybridized carbons (Fsp3) is 0.600. The zero-order valence-corrected chi connectivity index (χ0v) is 12.1. The molecular formula is C15H21N3O3. The number of hydrogen-bond donors (Lipinski definition) is 0. The Bertz CT molecular complexity index is 503. The van der Waals surface area contributed by atoms with Crippen LogP contribution in [-0.4, -0.2) is 55.8 Å². The highest BCUT2D eigenvalue weighted by molar-refractivity contribution is 5.63. The van der Waals surface area contributed by atoms with Crippen molar-refractivity contribution in [3.05, 3.63) is 34.4 Å². The van der Waals surface area contributed by atoms with E-state index >= 15 is 0 Å². The predicted molar refractivity (Wildman–Crippen MR) is 80.7 cm³/mol. The molecule has 2 fully saturated rings. The first-order chi connectivity index (χ1) is 10.2. The summed E-state index contributed by atoms with van der Waals surface area (Å²) in [5.41, 5.74) is 0.969. The Morgan fingerprint density at radius 3 is 2.76 bits per heavy atom. The van der Waals surface area contributed by atoms with Crippen molar-refractivity contribution in [2.24, 2.45) is 5.92 Å². The normalized spacial score (nSPS) is 23.4. The van der Waals surface area contributed by atoms with Gasteiger partial charge in [-0.25, -0.2) is 0 Å². The summed E-state index contributed by atoms with van der Waals surface area (Å²) >= 11 is 0. The number of anilines is 1. The van der Waals surface area contributed by atoms with Crippen molar-refractivity contribution in [3.8, 4) is 0 Å². The number of hydrogen-bond acceptors (Lipinski definition) is 5. The number of nitrogens with zero attached hydrogens (tertiary/aromatic N) is 3. The monoisotopic (exact) mass is 291 g/mol. The first kappa shape index (κ1) is 14.3. The van der Waals surface area contributed by atoms with Gasteiger partial charge in [0.25, 0.3) is 5.69 Å². The van der Waals surface area contributed by atoms with Gasteiger partial charge in [0, 0.05) is 38.8 Å². The molecule has 2 aliphatic rings. The quantitative estimate of drug-likeness (QED) is 0.625. The topological polar surface area (TPSA) is 58.9 Å². The van der Waals surface area contributed by atoms with Crippen LogP contribution in [0.2, 0.25) is 0 Å². The minimum absolute atomic E-state index is 0.213. The highest BCUT2D eigenvalue weighted by Crippen LogP contribution is 2.32. The maximum Gasteiger partial charge on any atom is 0.292 e. The summed E-state index contributed by atoms with van der Waals surface area (Å²) in [6.45, 7) is 6.52. The first-order valence-corrected chi connectivity index (χ1v) is 7.52. The van der Waals surface area contributed by atoms with E-state index in [4.69, 9.17) is 4.74 Å². The molecule has 0 amide bonds. The molecule has 0 radical (unpaired) electrons. The van der Waals surface area contributed by atoms with Crippen LogP contribution >= 0.6 is 0 Å². The van der Waals surface area contributed by atoms with E-state index in [1.807, 2.05) is 12.1 Å². The van der Waals surface area contributed by atoms with Gasteiger partial charge < -0.3 is 9.64 Å². The van der Waals surface area contributed by atoms with Gasteiger partial charge >= 0.3 is 0 Å². The summed E-state index contributed by atoms with van der Waals surface area (Å²) in [6.07, 6.45) is 1.10. The van der Waals surface area contributed by atoms with Gasteiger partial charge in [-0.2, -0.15) is 0 Å². The van der Waals surface area contributed by atoms with E-state index < -0.39 is 0 Å². The molecule has 0 N–H and O–H groups in total. The Morgan fingerprint density at radius 2 is 2.00 bits per heavy atom. The minimum Gasteiger partial charge on any atom is -0.379 e. The van der Waals surface area contributed by atoms with Crippen LogP contribution in [0, 0.1) is 16.0 Å². The maximum absolute atomic E-state index is 11.1. The minimum atomic E-state index is -0.287. The van der Waals surface area contributed by atoms with Crippen LogP contribution in [0.4, 0.5) is 11.4 Å². The average Bonchev–Trinajstić information content (AvgIpc) is 2.96. The Labute approximate surface area is 124 Å². The fourth-order valence-corrected chi connectivity index (χ4v) is 3.24. The number of nitro benzene ring substituents is 1. The molecule has 3 rings (SSSR count). The largest absolute Gasteiger partial charge is 0.379 e. The van der Waals surface area contributed by atoms with Crippen LogP contribution in [0.1, 0.15) is 6.42 Å². The van der Waals surface area contributed by atoms with E-state index in [-0.39, 0.29) is 10.6 Å². The van der Waals surface area contributed by atoms with Gasteiger partial charge in [0.05, 0.1) is 18.1 Å². The molecule has 0 saturated carbocycles. The van der Waals surface area contributed by atoms with Crippen LogP contribution in [0.3, 0.4) is 0 Å². The molecule has 2 aliphatic heterocycles. The third-order valence-electron chi connectivity index (χ3n) is 4.33. The Morgan fingerprint density at radius 1 is 1.24 bits per heavy atom. The van der Waals surface area contributed by atoms with Gasteiger partial charge in [0.1, 0.15) is 5.69 Å². The lowest BCUT2D eigenvalue weighted by atomic mass is 10.1. The molecular weight excluding hydrogens is 270 g/mol. The van der Waals surface area contributed by atoms with E-state index in [9.17, 15) is 10.1 Å². The van der Waals surface area contributed by atoms with Gasteiger partial charge in [0.15, 0.2) is 0 Å². The summed E-state index contributed by atoms with van der Waals surface area (Å²) in [5.74, 6) is 0.586. The maximum atomic E-state index is 11.1. The highest BCUT2D eigenvalue weighted by Gasteiger charge is 2.28. The second kappa shape index (κ2) is 6.41. The van der Waals surface area contributed by atoms with Crippen LogP contribution in [-0.2, 0) is 4.74 Å². The van der Waals surface area contributed by atoms with Gasteiger partial charge in [-0.1, -0.05) is 12.1 Å². The van der Waals surface area contributed by atoms with Gasteiger partial charge in [-0.15, -0.1) is 0 Å². The molecule has 0 aromatic heterocycles. The number of nitro groups is 1. The van der Waals surface area contributed by atoms with E-state index in [0.717, 1.165) is 58.0 Å². The number of ether oxygens (including phenoxy) is 1. The molecule has 21 heavy (non-hydrogen) atoms. The third-order valence-corrected chi connectivity index (χ3v) is 4.33. The van der Waals surface area contributed by atoms with Crippen molar-refractivity contribution in [3.63, 3.8) is 0 Å². The molecule has 0 spiro atoms. The van der Waals surface area contributed by atoms with Crippen LogP contribution in [0.25, 0.3) is 0 Å². The molecule has 1 aromatic rings. The lowest BCUT2D eigenvalue weighted by molar-refractivity contribution is -0.384. The molecule has 2 saturated heterocycles. The Hall–Kier alpha value is -1.66. The molecule has 1 aromatic carbocycles. The summed E-state index contributed by atoms with van der Waals surface area (Å²) < 4.78 is 5.37. The van der Waals surface area contributed by atoms with Crippen LogP contribution in [0.15, 0.2) is 24.3 Å². The summed E-state index contributed by atoms with van der Waals surface area (Å²) in [5, 5.41) is 11.1. The van der Waals surface area contributed by atoms with Crippen molar-refractivity contribution in [2.45, 2.75) is 6.42 Å². The van der Waals surface area contributed by atoms with E-state index in [1.54, 1.807) is 12.1 Å². The molecule has 0 aliphatic carbocycles. The van der Waals surface area contributed by atoms with Crippen molar-refractivity contribution in [1.29, 1.82) is 0 Å². The summed E-state index contributed by atoms with van der Waals surface area (Å²) in [4.78, 5) is 15.4. The molecule has 114 valence electrons. The van der Waals surface area contributed by atoms with Crippen LogP contribution in [0.5, 0.6) is 0 Å². The van der Waals surface area contributed by atoms with Gasteiger partial charge in [-0.3, -0.25) is 15.0 Å². The lowest BCUT2D eigenvalue weighted by Gasteiger charge is -2.29. The fourth-order valence-electron chi connectivity index (χ4n) is 3.24. The molecule has 1 unspecified atom stereocenters. The summed E-state index contributed by atoms with van der Waals surface area (Å²) in [7, 11) is 0. The van der Waals surface area contributed by atoms with Crippen molar-refractivity contribution in [2.75, 3.05) is 50.8 Å². The first-order valence-electron chi connectivity index (χ1n) is 7.52. The predicted octanol–water partition coefficient (Wildman–Crippen LogP) is 1.75. The number of para-hydroxylation sites is 2. The lowest BCUT2D eigenvalue weighted by Crippen LogP contribution is -2.39. The highest BCUT2D eigenvalue weighted by atomic mass is 16.6. The number of morpholine rings is 1. The summed E-state index contributed by atoms with van der Waals surface area (Å²) in [6, 6.07) is 7.04. The van der Waals surface area contributed by atoms with Gasteiger partial charge in [0.2, 0.25) is 0 Å². The van der Waals surface area contributed by atoms with Crippen molar-refractivity contribution >= 4 is 11.4 Å². The molecule has 6 heteroatoms. The number of benzene rings is 1. The smallest absolute Gasteiger partial charge is 0.292 e. The SMILES string of the molecule is O=[N+]([O-])c1ccccc1N1CCC(CN2CCOCC2)C1. The van der Waals surface area contributed by atoms with Crippen molar-refractivity contribution < 1.29 is 9.66 Å². The Kier molecular flexibility index (Phi) is 4.36. The van der Waals surface area contributed by atoms with E-state index in [2.05, 4.69) is 9.80 Å². The van der Waals surface area contributed by atoms with E-state index in [1.165, 1.54) is 0 Å². The van der Waals surface area contributed by atoms with E-state index in [0.29, 0.717) is 5.92 Å². The molecule has 2 heterocycles. The molecule has 6 nitrogen and oxygen atoms in total.